The van der Waals surface area contributed by atoms with E-state index < -0.39 is 26.7 Å². The van der Waals surface area contributed by atoms with E-state index in [-0.39, 0.29) is 12.1 Å². The van der Waals surface area contributed by atoms with Gasteiger partial charge in [0.15, 0.2) is 0 Å². The summed E-state index contributed by atoms with van der Waals surface area (Å²) in [5.41, 5.74) is -0.386. The van der Waals surface area contributed by atoms with E-state index >= 15 is 0 Å². The minimum absolute atomic E-state index is 0.150. The van der Waals surface area contributed by atoms with Gasteiger partial charge >= 0.3 is 0 Å². The average molecular weight is 260 g/mol. The van der Waals surface area contributed by atoms with Crippen LogP contribution in [0.2, 0.25) is 0 Å². The summed E-state index contributed by atoms with van der Waals surface area (Å²) >= 11 is 0. The summed E-state index contributed by atoms with van der Waals surface area (Å²) in [7, 11) is -4.03. The fourth-order valence-corrected chi connectivity index (χ4v) is 2.39. The number of carboxylic acids is 1. The van der Waals surface area contributed by atoms with Gasteiger partial charge in [-0.05, 0) is 24.1 Å². The third-order valence-electron chi connectivity index (χ3n) is 2.00. The molecule has 0 saturated heterocycles. The van der Waals surface area contributed by atoms with Gasteiger partial charge in [-0.25, -0.2) is 17.5 Å². The quantitative estimate of drug-likeness (QED) is 0.799. The summed E-state index contributed by atoms with van der Waals surface area (Å²) in [5, 5.41) is 10.6. The number of rotatable bonds is 5. The van der Waals surface area contributed by atoms with Crippen LogP contribution in [0.3, 0.4) is 0 Å². The third kappa shape index (κ3) is 3.24. The van der Waals surface area contributed by atoms with Crippen LogP contribution in [0.4, 0.5) is 4.39 Å². The number of benzene rings is 1. The predicted molar refractivity (Wildman–Crippen MR) is 56.2 cm³/mol. The van der Waals surface area contributed by atoms with Crippen molar-refractivity contribution in [3.8, 4) is 0 Å². The largest absolute Gasteiger partial charge is 0.545 e. The molecule has 5 nitrogen and oxygen atoms in total. The molecule has 0 heterocycles. The van der Waals surface area contributed by atoms with Crippen LogP contribution in [0.5, 0.6) is 0 Å². The molecule has 0 saturated carbocycles. The zero-order chi connectivity index (χ0) is 13.1. The number of hydrogen-bond donors (Lipinski definition) is 1. The molecule has 94 valence electrons. The Labute approximate surface area is 98.3 Å². The molecule has 0 atom stereocenters. The number of carboxylic acid groups (broad SMARTS) is 1. The minimum atomic E-state index is -4.03. The Bertz CT molecular complexity index is 527. The highest BCUT2D eigenvalue weighted by Gasteiger charge is 2.18. The van der Waals surface area contributed by atoms with Crippen LogP contribution in [0.1, 0.15) is 23.7 Å². The third-order valence-corrected chi connectivity index (χ3v) is 3.47. The van der Waals surface area contributed by atoms with Crippen LogP contribution in [0.25, 0.3) is 0 Å². The lowest BCUT2D eigenvalue weighted by Crippen LogP contribution is -2.27. The zero-order valence-electron chi connectivity index (χ0n) is 9.07. The molecule has 0 bridgehead atoms. The summed E-state index contributed by atoms with van der Waals surface area (Å²) in [6.45, 7) is 1.90. The SMILES string of the molecule is CCCNS(=O)(=O)c1cc(C(=O)[O-])ccc1F. The first-order valence-corrected chi connectivity index (χ1v) is 6.37. The average Bonchev–Trinajstić information content (AvgIpc) is 2.26. The van der Waals surface area contributed by atoms with Crippen molar-refractivity contribution >= 4 is 16.0 Å². The van der Waals surface area contributed by atoms with Gasteiger partial charge in [0.1, 0.15) is 10.7 Å². The molecule has 7 heteroatoms. The molecule has 1 aromatic rings. The van der Waals surface area contributed by atoms with Gasteiger partial charge in [-0.3, -0.25) is 0 Å². The maximum absolute atomic E-state index is 13.3. The van der Waals surface area contributed by atoms with Gasteiger partial charge in [0.25, 0.3) is 0 Å². The van der Waals surface area contributed by atoms with Gasteiger partial charge in [-0.1, -0.05) is 13.0 Å². The van der Waals surface area contributed by atoms with Crippen LogP contribution >= 0.6 is 0 Å². The number of carbonyl (C=O) groups is 1. The maximum atomic E-state index is 13.3. The highest BCUT2D eigenvalue weighted by atomic mass is 32.2. The standard InChI is InChI=1S/C10H12FNO4S/c1-2-5-12-17(15,16)9-6-7(10(13)14)3-4-8(9)11/h3-4,6,12H,2,5H2,1H3,(H,13,14)/p-1. The molecule has 1 rings (SSSR count). The Morgan fingerprint density at radius 1 is 1.47 bits per heavy atom. The summed E-state index contributed by atoms with van der Waals surface area (Å²) in [5.74, 6) is -2.56. The van der Waals surface area contributed by atoms with Gasteiger partial charge in [0, 0.05) is 6.54 Å². The number of sulfonamides is 1. The Balaban J connectivity index is 3.20. The van der Waals surface area contributed by atoms with E-state index in [9.17, 15) is 22.7 Å². The molecule has 0 fully saturated rings. The van der Waals surface area contributed by atoms with E-state index in [1.165, 1.54) is 0 Å². The molecule has 0 aromatic heterocycles. The van der Waals surface area contributed by atoms with Gasteiger partial charge in [-0.15, -0.1) is 0 Å². The number of aromatic carboxylic acids is 1. The molecule has 1 N–H and O–H groups in total. The molecule has 0 aliphatic carbocycles. The molecule has 0 aliphatic rings. The van der Waals surface area contributed by atoms with Crippen molar-refractivity contribution in [1.82, 2.24) is 4.72 Å². The fourth-order valence-electron chi connectivity index (χ4n) is 1.15. The Morgan fingerprint density at radius 3 is 2.65 bits per heavy atom. The first-order chi connectivity index (χ1) is 7.88. The van der Waals surface area contributed by atoms with E-state index in [1.807, 2.05) is 0 Å². The summed E-state index contributed by atoms with van der Waals surface area (Å²) in [6.07, 6.45) is 0.543. The topological polar surface area (TPSA) is 86.3 Å². The molecule has 17 heavy (non-hydrogen) atoms. The Hall–Kier alpha value is -1.47. The van der Waals surface area contributed by atoms with E-state index in [0.717, 1.165) is 18.2 Å². The van der Waals surface area contributed by atoms with Crippen molar-refractivity contribution in [2.75, 3.05) is 6.54 Å². The van der Waals surface area contributed by atoms with Crippen molar-refractivity contribution in [1.29, 1.82) is 0 Å². The van der Waals surface area contributed by atoms with Crippen molar-refractivity contribution in [2.24, 2.45) is 0 Å². The van der Waals surface area contributed by atoms with Gasteiger partial charge in [0.2, 0.25) is 10.0 Å². The van der Waals surface area contributed by atoms with Crippen molar-refractivity contribution in [3.63, 3.8) is 0 Å². The second-order valence-corrected chi connectivity index (χ2v) is 5.07. The van der Waals surface area contributed by atoms with Crippen LogP contribution in [-0.2, 0) is 10.0 Å². The highest BCUT2D eigenvalue weighted by Crippen LogP contribution is 2.16. The minimum Gasteiger partial charge on any atom is -0.545 e. The predicted octanol–water partition coefficient (Wildman–Crippen LogP) is -0.122. The lowest BCUT2D eigenvalue weighted by Gasteiger charge is -2.09. The fraction of sp³-hybridized carbons (Fsp3) is 0.300. The lowest BCUT2D eigenvalue weighted by atomic mass is 10.2. The normalized spacial score (nSPS) is 11.4. The first kappa shape index (κ1) is 13.6. The summed E-state index contributed by atoms with van der Waals surface area (Å²) in [4.78, 5) is 9.87. The smallest absolute Gasteiger partial charge is 0.243 e. The number of carbonyl (C=O) groups excluding carboxylic acids is 1. The molecule has 0 unspecified atom stereocenters. The van der Waals surface area contributed by atoms with Crippen LogP contribution in [-0.4, -0.2) is 20.9 Å². The van der Waals surface area contributed by atoms with E-state index in [2.05, 4.69) is 4.72 Å². The van der Waals surface area contributed by atoms with Crippen LogP contribution in [0, 0.1) is 5.82 Å². The Morgan fingerprint density at radius 2 is 2.12 bits per heavy atom. The number of halogens is 1. The van der Waals surface area contributed by atoms with Crippen LogP contribution in [0.15, 0.2) is 23.1 Å². The monoisotopic (exact) mass is 260 g/mol. The second-order valence-electron chi connectivity index (χ2n) is 3.33. The molecular weight excluding hydrogens is 249 g/mol. The van der Waals surface area contributed by atoms with E-state index in [1.54, 1.807) is 6.92 Å². The molecule has 0 amide bonds. The summed E-state index contributed by atoms with van der Waals surface area (Å²) < 4.78 is 38.7. The van der Waals surface area contributed by atoms with Gasteiger partial charge < -0.3 is 9.90 Å². The molecule has 1 aromatic carbocycles. The van der Waals surface area contributed by atoms with Crippen molar-refractivity contribution < 1.29 is 22.7 Å². The van der Waals surface area contributed by atoms with Crippen molar-refractivity contribution in [2.45, 2.75) is 18.2 Å². The lowest BCUT2D eigenvalue weighted by molar-refractivity contribution is -0.255. The van der Waals surface area contributed by atoms with Crippen molar-refractivity contribution in [3.05, 3.63) is 29.6 Å². The molecule has 0 spiro atoms. The number of hydrogen-bond acceptors (Lipinski definition) is 4. The number of nitrogens with one attached hydrogen (secondary N) is 1. The second kappa shape index (κ2) is 5.24. The first-order valence-electron chi connectivity index (χ1n) is 4.89. The Kier molecular flexibility index (Phi) is 4.19. The summed E-state index contributed by atoms with van der Waals surface area (Å²) in [6, 6.07) is 2.47. The van der Waals surface area contributed by atoms with Gasteiger partial charge in [0.05, 0.1) is 5.97 Å². The van der Waals surface area contributed by atoms with E-state index in [0.29, 0.717) is 6.42 Å². The maximum Gasteiger partial charge on any atom is 0.243 e. The molecular formula is C10H11FNO4S-. The molecule has 0 aliphatic heterocycles. The van der Waals surface area contributed by atoms with Crippen LogP contribution < -0.4 is 9.83 Å². The highest BCUT2D eigenvalue weighted by molar-refractivity contribution is 7.89. The van der Waals surface area contributed by atoms with E-state index in [4.69, 9.17) is 0 Å². The van der Waals surface area contributed by atoms with Gasteiger partial charge in [-0.2, -0.15) is 0 Å². The molecule has 0 radical (unpaired) electrons. The zero-order valence-corrected chi connectivity index (χ0v) is 9.88.